The number of pyridine rings is 1. The minimum atomic E-state index is 0.385. The number of aromatic nitrogens is 1. The monoisotopic (exact) mass is 170 g/mol. The number of rotatable bonds is 0. The van der Waals surface area contributed by atoms with Crippen LogP contribution in [0, 0.1) is 0 Å². The Balaban J connectivity index is 2.57. The van der Waals surface area contributed by atoms with Gasteiger partial charge in [0.15, 0.2) is 0 Å². The molecule has 2 rings (SSSR count). The van der Waals surface area contributed by atoms with Crippen molar-refractivity contribution in [3.63, 3.8) is 0 Å². The molecular weight excluding hydrogens is 164 g/mol. The number of hydrogen-bond donors (Lipinski definition) is 1. The standard InChI is InChI=1S/C7H7ClN2O/c8-4-3-6-5(1-2-11-6)10-7(4)9/h3H,1-2H2,(H2,9,10). The molecule has 58 valence electrons. The fourth-order valence-electron chi connectivity index (χ4n) is 1.09. The summed E-state index contributed by atoms with van der Waals surface area (Å²) in [5.74, 6) is 1.15. The Morgan fingerprint density at radius 1 is 1.64 bits per heavy atom. The van der Waals surface area contributed by atoms with E-state index in [1.54, 1.807) is 6.07 Å². The Labute approximate surface area is 69.1 Å². The molecule has 1 aromatic heterocycles. The third-order valence-electron chi connectivity index (χ3n) is 1.64. The Morgan fingerprint density at radius 3 is 3.27 bits per heavy atom. The SMILES string of the molecule is Nc1nc2c(cc1Cl)OCC2. The summed E-state index contributed by atoms with van der Waals surface area (Å²) < 4.78 is 5.23. The molecule has 0 fully saturated rings. The van der Waals surface area contributed by atoms with E-state index in [0.717, 1.165) is 17.9 Å². The minimum Gasteiger partial charge on any atom is -0.491 e. The molecule has 1 aliphatic rings. The van der Waals surface area contributed by atoms with Gasteiger partial charge in [-0.3, -0.25) is 0 Å². The number of nitrogens with zero attached hydrogens (tertiary/aromatic N) is 1. The molecule has 1 aromatic rings. The van der Waals surface area contributed by atoms with Crippen molar-refractivity contribution >= 4 is 17.4 Å². The zero-order valence-corrected chi connectivity index (χ0v) is 6.56. The smallest absolute Gasteiger partial charge is 0.142 e. The van der Waals surface area contributed by atoms with Gasteiger partial charge in [-0.2, -0.15) is 0 Å². The second-order valence-corrected chi connectivity index (χ2v) is 2.81. The van der Waals surface area contributed by atoms with Crippen LogP contribution in [0.3, 0.4) is 0 Å². The van der Waals surface area contributed by atoms with Gasteiger partial charge in [0.05, 0.1) is 17.3 Å². The number of halogens is 1. The van der Waals surface area contributed by atoms with E-state index in [4.69, 9.17) is 22.1 Å². The fourth-order valence-corrected chi connectivity index (χ4v) is 1.23. The number of nitrogens with two attached hydrogens (primary N) is 1. The number of nitrogen functional groups attached to an aromatic ring is 1. The number of anilines is 1. The molecule has 0 aromatic carbocycles. The Morgan fingerprint density at radius 2 is 2.45 bits per heavy atom. The molecule has 3 nitrogen and oxygen atoms in total. The van der Waals surface area contributed by atoms with E-state index in [1.165, 1.54) is 0 Å². The van der Waals surface area contributed by atoms with Crippen molar-refractivity contribution in [2.75, 3.05) is 12.3 Å². The molecule has 2 N–H and O–H groups in total. The van der Waals surface area contributed by atoms with Crippen LogP contribution < -0.4 is 10.5 Å². The van der Waals surface area contributed by atoms with Crippen molar-refractivity contribution in [2.24, 2.45) is 0 Å². The molecule has 0 radical (unpaired) electrons. The fraction of sp³-hybridized carbons (Fsp3) is 0.286. The average molecular weight is 171 g/mol. The van der Waals surface area contributed by atoms with Crippen LogP contribution in [0.5, 0.6) is 5.75 Å². The highest BCUT2D eigenvalue weighted by atomic mass is 35.5. The van der Waals surface area contributed by atoms with E-state index in [9.17, 15) is 0 Å². The number of hydrogen-bond acceptors (Lipinski definition) is 3. The van der Waals surface area contributed by atoms with Gasteiger partial charge >= 0.3 is 0 Å². The van der Waals surface area contributed by atoms with Gasteiger partial charge in [0.2, 0.25) is 0 Å². The summed E-state index contributed by atoms with van der Waals surface area (Å²) in [6, 6.07) is 1.71. The third-order valence-corrected chi connectivity index (χ3v) is 1.94. The van der Waals surface area contributed by atoms with E-state index < -0.39 is 0 Å². The van der Waals surface area contributed by atoms with Gasteiger partial charge < -0.3 is 10.5 Å². The van der Waals surface area contributed by atoms with Crippen LogP contribution in [0.25, 0.3) is 0 Å². The maximum atomic E-state index is 5.72. The van der Waals surface area contributed by atoms with Crippen molar-refractivity contribution in [1.82, 2.24) is 4.98 Å². The normalized spacial score (nSPS) is 14.3. The minimum absolute atomic E-state index is 0.385. The van der Waals surface area contributed by atoms with Crippen LogP contribution in [0.15, 0.2) is 6.07 Å². The van der Waals surface area contributed by atoms with Crippen molar-refractivity contribution in [3.05, 3.63) is 16.8 Å². The molecule has 1 aliphatic heterocycles. The highest BCUT2D eigenvalue weighted by Crippen LogP contribution is 2.29. The summed E-state index contributed by atoms with van der Waals surface area (Å²) in [6.45, 7) is 0.683. The zero-order chi connectivity index (χ0) is 7.84. The van der Waals surface area contributed by atoms with Gasteiger partial charge in [0.25, 0.3) is 0 Å². The molecule has 4 heteroatoms. The lowest BCUT2D eigenvalue weighted by Gasteiger charge is -2.00. The van der Waals surface area contributed by atoms with Crippen LogP contribution >= 0.6 is 11.6 Å². The highest BCUT2D eigenvalue weighted by Gasteiger charge is 2.15. The van der Waals surface area contributed by atoms with Crippen molar-refractivity contribution < 1.29 is 4.74 Å². The van der Waals surface area contributed by atoms with Gasteiger partial charge in [-0.1, -0.05) is 11.6 Å². The number of fused-ring (bicyclic) bond motifs is 1. The predicted molar refractivity (Wildman–Crippen MR) is 42.9 cm³/mol. The van der Waals surface area contributed by atoms with Gasteiger partial charge in [-0.25, -0.2) is 4.98 Å². The molecule has 2 heterocycles. The van der Waals surface area contributed by atoms with Crippen LogP contribution in [-0.2, 0) is 6.42 Å². The molecule has 0 saturated heterocycles. The van der Waals surface area contributed by atoms with Crippen LogP contribution in [0.4, 0.5) is 5.82 Å². The van der Waals surface area contributed by atoms with Gasteiger partial charge in [-0.15, -0.1) is 0 Å². The largest absolute Gasteiger partial charge is 0.491 e. The van der Waals surface area contributed by atoms with E-state index in [0.29, 0.717) is 17.4 Å². The average Bonchev–Trinajstić information content (AvgIpc) is 2.36. The first kappa shape index (κ1) is 6.73. The maximum Gasteiger partial charge on any atom is 0.142 e. The summed E-state index contributed by atoms with van der Waals surface area (Å²) in [5.41, 5.74) is 6.40. The molecule has 0 atom stereocenters. The lowest BCUT2D eigenvalue weighted by molar-refractivity contribution is 0.357. The van der Waals surface area contributed by atoms with Crippen molar-refractivity contribution in [3.8, 4) is 5.75 Å². The first-order valence-electron chi connectivity index (χ1n) is 3.35. The van der Waals surface area contributed by atoms with Gasteiger partial charge in [-0.05, 0) is 0 Å². The highest BCUT2D eigenvalue weighted by molar-refractivity contribution is 6.32. The first-order valence-corrected chi connectivity index (χ1v) is 3.73. The Hall–Kier alpha value is -0.960. The summed E-state index contributed by atoms with van der Waals surface area (Å²) in [7, 11) is 0. The maximum absolute atomic E-state index is 5.72. The summed E-state index contributed by atoms with van der Waals surface area (Å²) in [5, 5.41) is 0.464. The van der Waals surface area contributed by atoms with E-state index in [1.807, 2.05) is 0 Å². The Bertz CT molecular complexity index is 272. The van der Waals surface area contributed by atoms with E-state index in [2.05, 4.69) is 4.98 Å². The molecule has 0 spiro atoms. The second kappa shape index (κ2) is 2.27. The lowest BCUT2D eigenvalue weighted by atomic mass is 10.3. The number of ether oxygens (including phenoxy) is 1. The van der Waals surface area contributed by atoms with Crippen molar-refractivity contribution in [2.45, 2.75) is 6.42 Å². The third kappa shape index (κ3) is 1.01. The lowest BCUT2D eigenvalue weighted by Crippen LogP contribution is -1.93. The van der Waals surface area contributed by atoms with Crippen LogP contribution in [0.2, 0.25) is 5.02 Å². The molecule has 0 unspecified atom stereocenters. The summed E-state index contributed by atoms with van der Waals surface area (Å²) in [4.78, 5) is 4.07. The predicted octanol–water partition coefficient (Wildman–Crippen LogP) is 1.25. The first-order chi connectivity index (χ1) is 5.27. The summed E-state index contributed by atoms with van der Waals surface area (Å²) >= 11 is 5.72. The Kier molecular flexibility index (Phi) is 1.39. The topological polar surface area (TPSA) is 48.1 Å². The van der Waals surface area contributed by atoms with Crippen molar-refractivity contribution in [1.29, 1.82) is 0 Å². The molecular formula is C7H7ClN2O. The molecule has 0 saturated carbocycles. The summed E-state index contributed by atoms with van der Waals surface area (Å²) in [6.07, 6.45) is 0.830. The molecule has 0 aliphatic carbocycles. The van der Waals surface area contributed by atoms with Crippen LogP contribution in [0.1, 0.15) is 5.69 Å². The molecule has 11 heavy (non-hydrogen) atoms. The zero-order valence-electron chi connectivity index (χ0n) is 5.80. The van der Waals surface area contributed by atoms with Crippen LogP contribution in [-0.4, -0.2) is 11.6 Å². The van der Waals surface area contributed by atoms with Gasteiger partial charge in [0.1, 0.15) is 11.6 Å². The second-order valence-electron chi connectivity index (χ2n) is 2.40. The quantitative estimate of drug-likeness (QED) is 0.638. The van der Waals surface area contributed by atoms with Gasteiger partial charge in [0, 0.05) is 12.5 Å². The van der Waals surface area contributed by atoms with E-state index in [-0.39, 0.29) is 0 Å². The molecule has 0 amide bonds. The molecule has 0 bridgehead atoms. The van der Waals surface area contributed by atoms with E-state index >= 15 is 0 Å².